The Bertz CT molecular complexity index is 1040. The Morgan fingerprint density at radius 2 is 1.97 bits per heavy atom. The summed E-state index contributed by atoms with van der Waals surface area (Å²) >= 11 is 0. The molecule has 1 spiro atoms. The predicted molar refractivity (Wildman–Crippen MR) is 129 cm³/mol. The lowest BCUT2D eigenvalue weighted by Crippen LogP contribution is -2.49. The summed E-state index contributed by atoms with van der Waals surface area (Å²) in [5.74, 6) is -2.30. The highest BCUT2D eigenvalue weighted by Crippen LogP contribution is 2.53. The Labute approximate surface area is 201 Å². The van der Waals surface area contributed by atoms with E-state index in [1.807, 2.05) is 78.8 Å². The van der Waals surface area contributed by atoms with Crippen molar-refractivity contribution >= 4 is 23.5 Å². The number of carbonyl (C=O) groups is 3. The van der Waals surface area contributed by atoms with Crippen LogP contribution in [0.15, 0.2) is 30.4 Å². The number of hydrogen-bond donors (Lipinski definition) is 1. The topological polar surface area (TPSA) is 84.9 Å². The van der Waals surface area contributed by atoms with Gasteiger partial charge < -0.3 is 19.7 Å². The van der Waals surface area contributed by atoms with E-state index in [4.69, 9.17) is 9.47 Å². The van der Waals surface area contributed by atoms with E-state index in [9.17, 15) is 14.4 Å². The van der Waals surface area contributed by atoms with E-state index < -0.39 is 41.2 Å². The minimum atomic E-state index is -0.919. The van der Waals surface area contributed by atoms with E-state index in [2.05, 4.69) is 5.32 Å². The van der Waals surface area contributed by atoms with Gasteiger partial charge in [-0.2, -0.15) is 0 Å². The average molecular weight is 469 g/mol. The zero-order chi connectivity index (χ0) is 25.0. The van der Waals surface area contributed by atoms with Crippen molar-refractivity contribution in [2.24, 2.45) is 17.8 Å². The first-order chi connectivity index (χ1) is 15.8. The highest BCUT2D eigenvalue weighted by molar-refractivity contribution is 6.03. The number of benzene rings is 1. The molecule has 7 nitrogen and oxygen atoms in total. The fraction of sp³-hybridized carbons (Fsp3) is 0.593. The van der Waals surface area contributed by atoms with E-state index in [0.29, 0.717) is 13.0 Å². The largest absolute Gasteiger partial charge is 0.452 e. The van der Waals surface area contributed by atoms with E-state index in [1.54, 1.807) is 4.90 Å². The first-order valence-corrected chi connectivity index (χ1v) is 12.1. The lowest BCUT2D eigenvalue weighted by Gasteiger charge is -2.28. The van der Waals surface area contributed by atoms with Crippen molar-refractivity contribution in [2.45, 2.75) is 78.2 Å². The quantitative estimate of drug-likeness (QED) is 0.511. The normalized spacial score (nSPS) is 28.4. The van der Waals surface area contributed by atoms with Crippen LogP contribution in [-0.2, 0) is 23.9 Å². The zero-order valence-corrected chi connectivity index (χ0v) is 21.2. The Morgan fingerprint density at radius 3 is 2.59 bits per heavy atom. The van der Waals surface area contributed by atoms with E-state index in [1.165, 1.54) is 0 Å². The standard InChI is InChI=1S/C27H36N2O5/c1-15(2)12-20(23(30)28-26(5,6)7)33-25(32)21-19-10-11-27(34-19)14-29(24(31)22(21)27)18-9-8-16(3)13-17(18)4/h8-11,13,15,19-22H,12,14H2,1-7H3,(H,28,30)/t19-,20-,21-,22+,27+/m0/s1. The van der Waals surface area contributed by atoms with Crippen molar-refractivity contribution in [1.82, 2.24) is 5.32 Å². The van der Waals surface area contributed by atoms with Gasteiger partial charge in [0.1, 0.15) is 11.5 Å². The molecule has 2 bridgehead atoms. The lowest BCUT2D eigenvalue weighted by molar-refractivity contribution is -0.163. The highest BCUT2D eigenvalue weighted by Gasteiger charge is 2.67. The molecule has 7 heteroatoms. The van der Waals surface area contributed by atoms with Crippen LogP contribution in [-0.4, -0.2) is 47.7 Å². The summed E-state index contributed by atoms with van der Waals surface area (Å²) < 4.78 is 12.0. The lowest BCUT2D eigenvalue weighted by atomic mass is 9.77. The molecule has 1 aromatic carbocycles. The summed E-state index contributed by atoms with van der Waals surface area (Å²) in [5.41, 5.74) is 1.65. The maximum absolute atomic E-state index is 13.6. The van der Waals surface area contributed by atoms with Crippen LogP contribution in [0.5, 0.6) is 0 Å². The Kier molecular flexibility index (Phi) is 6.13. The molecule has 0 saturated carbocycles. The van der Waals surface area contributed by atoms with Crippen LogP contribution in [0.25, 0.3) is 0 Å². The monoisotopic (exact) mass is 468 g/mol. The fourth-order valence-electron chi connectivity index (χ4n) is 5.39. The van der Waals surface area contributed by atoms with Crippen LogP contribution in [0.2, 0.25) is 0 Å². The number of esters is 1. The molecule has 0 radical (unpaired) electrons. The first kappa shape index (κ1) is 24.5. The molecular weight excluding hydrogens is 432 g/mol. The zero-order valence-electron chi connectivity index (χ0n) is 21.2. The van der Waals surface area contributed by atoms with Gasteiger partial charge in [0.2, 0.25) is 5.91 Å². The number of ether oxygens (including phenoxy) is 2. The second kappa shape index (κ2) is 8.52. The summed E-state index contributed by atoms with van der Waals surface area (Å²) in [6.45, 7) is 14.0. The highest BCUT2D eigenvalue weighted by atomic mass is 16.6. The molecule has 1 N–H and O–H groups in total. The van der Waals surface area contributed by atoms with E-state index >= 15 is 0 Å². The van der Waals surface area contributed by atoms with Gasteiger partial charge in [-0.3, -0.25) is 14.4 Å². The number of nitrogens with one attached hydrogen (secondary N) is 1. The second-order valence-corrected chi connectivity index (χ2v) is 11.4. The van der Waals surface area contributed by atoms with Crippen molar-refractivity contribution in [2.75, 3.05) is 11.4 Å². The molecule has 0 aliphatic carbocycles. The summed E-state index contributed by atoms with van der Waals surface area (Å²) in [7, 11) is 0. The minimum absolute atomic E-state index is 0.139. The van der Waals surface area contributed by atoms with Gasteiger partial charge >= 0.3 is 5.97 Å². The van der Waals surface area contributed by atoms with Crippen LogP contribution in [0.3, 0.4) is 0 Å². The third-order valence-corrected chi connectivity index (χ3v) is 6.75. The molecule has 2 amide bonds. The van der Waals surface area contributed by atoms with Crippen LogP contribution in [0.1, 0.15) is 52.2 Å². The van der Waals surface area contributed by atoms with Crippen LogP contribution >= 0.6 is 0 Å². The van der Waals surface area contributed by atoms with Gasteiger partial charge in [0, 0.05) is 11.2 Å². The number of fused-ring (bicyclic) bond motifs is 1. The summed E-state index contributed by atoms with van der Waals surface area (Å²) in [6.07, 6.45) is 2.74. The predicted octanol–water partition coefficient (Wildman–Crippen LogP) is 3.46. The molecule has 2 saturated heterocycles. The summed E-state index contributed by atoms with van der Waals surface area (Å²) in [4.78, 5) is 41.7. The number of hydrogen-bond acceptors (Lipinski definition) is 5. The smallest absolute Gasteiger partial charge is 0.313 e. The van der Waals surface area contributed by atoms with Gasteiger partial charge in [0.15, 0.2) is 6.10 Å². The maximum Gasteiger partial charge on any atom is 0.313 e. The third-order valence-electron chi connectivity index (χ3n) is 6.75. The molecule has 3 aliphatic rings. The Hall–Kier alpha value is -2.67. The average Bonchev–Trinajstić information content (AvgIpc) is 3.34. The molecular formula is C27H36N2O5. The molecule has 2 fully saturated rings. The second-order valence-electron chi connectivity index (χ2n) is 11.4. The SMILES string of the molecule is Cc1ccc(N2C[C@@]34C=C[C@H](O3)[C@H](C(=O)O[C@@H](CC(C)C)C(=O)NC(C)(C)C)[C@@H]4C2=O)c(C)c1. The summed E-state index contributed by atoms with van der Waals surface area (Å²) in [6, 6.07) is 5.96. The van der Waals surface area contributed by atoms with Crippen molar-refractivity contribution in [3.8, 4) is 0 Å². The first-order valence-electron chi connectivity index (χ1n) is 12.1. The number of nitrogens with zero attached hydrogens (tertiary/aromatic N) is 1. The maximum atomic E-state index is 13.6. The van der Waals surface area contributed by atoms with Gasteiger partial charge in [0.05, 0.1) is 18.6 Å². The van der Waals surface area contributed by atoms with Gasteiger partial charge in [0.25, 0.3) is 5.91 Å². The van der Waals surface area contributed by atoms with Crippen molar-refractivity contribution in [1.29, 1.82) is 0 Å². The van der Waals surface area contributed by atoms with Gasteiger partial charge in [-0.05, 0) is 58.6 Å². The van der Waals surface area contributed by atoms with Crippen LogP contribution in [0.4, 0.5) is 5.69 Å². The number of aryl methyl sites for hydroxylation is 2. The number of anilines is 1. The summed E-state index contributed by atoms with van der Waals surface area (Å²) in [5, 5.41) is 2.91. The molecule has 0 unspecified atom stereocenters. The van der Waals surface area contributed by atoms with Crippen molar-refractivity contribution in [3.05, 3.63) is 41.5 Å². The van der Waals surface area contributed by atoms with Gasteiger partial charge in [-0.15, -0.1) is 0 Å². The minimum Gasteiger partial charge on any atom is -0.452 e. The molecule has 3 heterocycles. The molecule has 184 valence electrons. The van der Waals surface area contributed by atoms with Crippen LogP contribution < -0.4 is 10.2 Å². The third kappa shape index (κ3) is 4.38. The van der Waals surface area contributed by atoms with E-state index in [0.717, 1.165) is 16.8 Å². The molecule has 3 aliphatic heterocycles. The fourth-order valence-corrected chi connectivity index (χ4v) is 5.39. The molecule has 34 heavy (non-hydrogen) atoms. The van der Waals surface area contributed by atoms with Crippen LogP contribution in [0, 0.1) is 31.6 Å². The Balaban J connectivity index is 1.58. The van der Waals surface area contributed by atoms with Gasteiger partial charge in [-0.25, -0.2) is 0 Å². The van der Waals surface area contributed by atoms with Gasteiger partial charge in [-0.1, -0.05) is 43.7 Å². The van der Waals surface area contributed by atoms with Crippen molar-refractivity contribution < 1.29 is 23.9 Å². The Morgan fingerprint density at radius 1 is 1.26 bits per heavy atom. The number of carbonyl (C=O) groups excluding carboxylic acids is 3. The molecule has 0 aromatic heterocycles. The molecule has 4 rings (SSSR count). The van der Waals surface area contributed by atoms with E-state index in [-0.39, 0.29) is 17.7 Å². The number of amides is 2. The number of rotatable bonds is 6. The molecule has 1 aromatic rings. The molecule has 5 atom stereocenters. The van der Waals surface area contributed by atoms with Crippen molar-refractivity contribution in [3.63, 3.8) is 0 Å².